The molecule has 2 rings (SSSR count). The number of amides is 1. The molecule has 1 aliphatic heterocycles. The first-order valence-electron chi connectivity index (χ1n) is 8.29. The Hall–Kier alpha value is -1.44. The molecule has 2 N–H and O–H groups in total. The van der Waals surface area contributed by atoms with Crippen LogP contribution in [0.3, 0.4) is 0 Å². The lowest BCUT2D eigenvalue weighted by Crippen LogP contribution is -3.15. The Kier molecular flexibility index (Phi) is 6.37. The standard InChI is InChI=1S/C17H26N2O4S/c1-10-8-19(9-11(2)23-10)7-6-14(20)18-16-15(17(21)22-5)12(3)13(4)24-16/h10-11H,6-9H2,1-5H3,(H,18,20)/p+1/t10-,11-/m0/s1. The van der Waals surface area contributed by atoms with E-state index in [1.807, 2.05) is 13.8 Å². The second-order valence-electron chi connectivity index (χ2n) is 6.44. The van der Waals surface area contributed by atoms with E-state index >= 15 is 0 Å². The molecule has 6 nitrogen and oxygen atoms in total. The summed E-state index contributed by atoms with van der Waals surface area (Å²) in [4.78, 5) is 26.6. The number of quaternary nitrogens is 1. The van der Waals surface area contributed by atoms with Gasteiger partial charge in [-0.05, 0) is 33.3 Å². The van der Waals surface area contributed by atoms with Crippen LogP contribution in [-0.2, 0) is 14.3 Å². The Bertz CT molecular complexity index is 604. The van der Waals surface area contributed by atoms with Crippen molar-refractivity contribution in [1.82, 2.24) is 0 Å². The van der Waals surface area contributed by atoms with Crippen LogP contribution in [0.4, 0.5) is 5.00 Å². The molecule has 0 saturated carbocycles. The van der Waals surface area contributed by atoms with Crippen LogP contribution >= 0.6 is 11.3 Å². The van der Waals surface area contributed by atoms with Crippen LogP contribution in [0.5, 0.6) is 0 Å². The number of carbonyl (C=O) groups excluding carboxylic acids is 2. The van der Waals surface area contributed by atoms with E-state index in [4.69, 9.17) is 9.47 Å². The van der Waals surface area contributed by atoms with Gasteiger partial charge in [-0.2, -0.15) is 0 Å². The molecule has 0 aromatic carbocycles. The van der Waals surface area contributed by atoms with Crippen LogP contribution in [0.15, 0.2) is 0 Å². The van der Waals surface area contributed by atoms with Crippen molar-refractivity contribution < 1.29 is 24.0 Å². The van der Waals surface area contributed by atoms with Gasteiger partial charge < -0.3 is 19.7 Å². The van der Waals surface area contributed by atoms with Crippen molar-refractivity contribution in [2.75, 3.05) is 32.1 Å². The zero-order chi connectivity index (χ0) is 17.9. The lowest BCUT2D eigenvalue weighted by Gasteiger charge is -2.32. The molecule has 1 aromatic heterocycles. The third-order valence-corrected chi connectivity index (χ3v) is 5.47. The summed E-state index contributed by atoms with van der Waals surface area (Å²) in [6, 6.07) is 0. The molecule has 1 fully saturated rings. The number of morpholine rings is 1. The monoisotopic (exact) mass is 355 g/mol. The quantitative estimate of drug-likeness (QED) is 0.778. The van der Waals surface area contributed by atoms with Crippen LogP contribution in [0.1, 0.15) is 41.1 Å². The van der Waals surface area contributed by atoms with Crippen molar-refractivity contribution >= 4 is 28.2 Å². The largest absolute Gasteiger partial charge is 0.465 e. The van der Waals surface area contributed by atoms with Crippen molar-refractivity contribution in [2.45, 2.75) is 46.3 Å². The Morgan fingerprint density at radius 1 is 1.29 bits per heavy atom. The number of hydrogen-bond donors (Lipinski definition) is 2. The summed E-state index contributed by atoms with van der Waals surface area (Å²) in [5.74, 6) is -0.477. The Morgan fingerprint density at radius 3 is 2.50 bits per heavy atom. The molecular formula is C17H27N2O4S+. The highest BCUT2D eigenvalue weighted by molar-refractivity contribution is 7.16. The summed E-state index contributed by atoms with van der Waals surface area (Å²) in [5, 5.41) is 3.47. The van der Waals surface area contributed by atoms with Crippen LogP contribution in [0.2, 0.25) is 0 Å². The van der Waals surface area contributed by atoms with Crippen LogP contribution in [0, 0.1) is 13.8 Å². The van der Waals surface area contributed by atoms with Gasteiger partial charge in [-0.3, -0.25) is 4.79 Å². The molecule has 0 unspecified atom stereocenters. The summed E-state index contributed by atoms with van der Waals surface area (Å²) in [5.41, 5.74) is 1.33. The summed E-state index contributed by atoms with van der Waals surface area (Å²) in [7, 11) is 1.35. The smallest absolute Gasteiger partial charge is 0.341 e. The minimum Gasteiger partial charge on any atom is -0.465 e. The normalized spacial score (nSPS) is 23.8. The van der Waals surface area contributed by atoms with Gasteiger partial charge in [0, 0.05) is 4.88 Å². The number of esters is 1. The number of rotatable bonds is 5. The van der Waals surface area contributed by atoms with Crippen molar-refractivity contribution in [1.29, 1.82) is 0 Å². The van der Waals surface area contributed by atoms with E-state index in [-0.39, 0.29) is 18.1 Å². The summed E-state index contributed by atoms with van der Waals surface area (Å²) in [6.07, 6.45) is 0.867. The number of nitrogens with one attached hydrogen (secondary N) is 2. The van der Waals surface area contributed by atoms with Crippen molar-refractivity contribution in [2.24, 2.45) is 0 Å². The van der Waals surface area contributed by atoms with Crippen LogP contribution < -0.4 is 10.2 Å². The Morgan fingerprint density at radius 2 is 1.92 bits per heavy atom. The van der Waals surface area contributed by atoms with Gasteiger partial charge in [-0.1, -0.05) is 0 Å². The maximum absolute atomic E-state index is 12.3. The molecule has 1 saturated heterocycles. The Balaban J connectivity index is 1.95. The number of methoxy groups -OCH3 is 1. The number of carbonyl (C=O) groups is 2. The molecule has 0 spiro atoms. The van der Waals surface area contributed by atoms with Crippen molar-refractivity contribution in [3.8, 4) is 0 Å². The number of hydrogen-bond acceptors (Lipinski definition) is 5. The summed E-state index contributed by atoms with van der Waals surface area (Å²) < 4.78 is 10.5. The predicted molar refractivity (Wildman–Crippen MR) is 94.0 cm³/mol. The van der Waals surface area contributed by atoms with Gasteiger partial charge in [0.1, 0.15) is 30.3 Å². The minimum absolute atomic E-state index is 0.0688. The molecule has 0 radical (unpaired) electrons. The average molecular weight is 355 g/mol. The third-order valence-electron chi connectivity index (χ3n) is 4.35. The zero-order valence-electron chi connectivity index (χ0n) is 15.0. The van der Waals surface area contributed by atoms with Crippen molar-refractivity contribution in [3.05, 3.63) is 16.0 Å². The fraction of sp³-hybridized carbons (Fsp3) is 0.647. The van der Waals surface area contributed by atoms with Gasteiger partial charge in [0.05, 0.1) is 25.6 Å². The molecule has 134 valence electrons. The van der Waals surface area contributed by atoms with Gasteiger partial charge in [0.25, 0.3) is 0 Å². The summed E-state index contributed by atoms with van der Waals surface area (Å²) in [6.45, 7) is 10.5. The highest BCUT2D eigenvalue weighted by atomic mass is 32.1. The molecule has 1 aromatic rings. The molecule has 0 aliphatic carbocycles. The van der Waals surface area contributed by atoms with E-state index in [0.717, 1.165) is 30.1 Å². The first-order valence-corrected chi connectivity index (χ1v) is 9.10. The van der Waals surface area contributed by atoms with E-state index in [9.17, 15) is 9.59 Å². The first-order chi connectivity index (χ1) is 11.3. The number of aryl methyl sites for hydroxylation is 1. The predicted octanol–water partition coefficient (Wildman–Crippen LogP) is 1.17. The van der Waals surface area contributed by atoms with E-state index in [0.29, 0.717) is 17.0 Å². The SMILES string of the molecule is COC(=O)c1c(NC(=O)CC[NH+]2C[C@H](C)O[C@@H](C)C2)sc(C)c1C. The lowest BCUT2D eigenvalue weighted by molar-refractivity contribution is -0.914. The summed E-state index contributed by atoms with van der Waals surface area (Å²) >= 11 is 1.42. The fourth-order valence-corrected chi connectivity index (χ4v) is 4.20. The second kappa shape index (κ2) is 8.09. The highest BCUT2D eigenvalue weighted by Crippen LogP contribution is 2.32. The number of anilines is 1. The van der Waals surface area contributed by atoms with Gasteiger partial charge in [0.15, 0.2) is 0 Å². The molecule has 1 aliphatic rings. The molecule has 1 amide bonds. The molecular weight excluding hydrogens is 328 g/mol. The zero-order valence-corrected chi connectivity index (χ0v) is 15.8. The van der Waals surface area contributed by atoms with Gasteiger partial charge in [0.2, 0.25) is 5.91 Å². The van der Waals surface area contributed by atoms with E-state index in [1.165, 1.54) is 23.3 Å². The molecule has 2 heterocycles. The first kappa shape index (κ1) is 18.9. The molecule has 7 heteroatoms. The second-order valence-corrected chi connectivity index (χ2v) is 7.67. The molecule has 2 atom stereocenters. The topological polar surface area (TPSA) is 69.1 Å². The van der Waals surface area contributed by atoms with Gasteiger partial charge >= 0.3 is 5.97 Å². The fourth-order valence-electron chi connectivity index (χ4n) is 3.14. The average Bonchev–Trinajstić information content (AvgIpc) is 2.78. The van der Waals surface area contributed by atoms with E-state index in [1.54, 1.807) is 0 Å². The molecule has 24 heavy (non-hydrogen) atoms. The minimum atomic E-state index is -0.409. The van der Waals surface area contributed by atoms with Crippen LogP contribution in [-0.4, -0.2) is 50.8 Å². The highest BCUT2D eigenvalue weighted by Gasteiger charge is 2.26. The van der Waals surface area contributed by atoms with E-state index in [2.05, 4.69) is 19.2 Å². The van der Waals surface area contributed by atoms with Gasteiger partial charge in [-0.15, -0.1) is 11.3 Å². The number of ether oxygens (including phenoxy) is 2. The lowest BCUT2D eigenvalue weighted by atomic mass is 10.1. The Labute approximate surface area is 147 Å². The maximum atomic E-state index is 12.3. The molecule has 0 bridgehead atoms. The van der Waals surface area contributed by atoms with E-state index < -0.39 is 5.97 Å². The maximum Gasteiger partial charge on any atom is 0.341 e. The van der Waals surface area contributed by atoms with Gasteiger partial charge in [-0.25, -0.2) is 4.79 Å². The van der Waals surface area contributed by atoms with Crippen LogP contribution in [0.25, 0.3) is 0 Å². The number of thiophene rings is 1. The van der Waals surface area contributed by atoms with Crippen molar-refractivity contribution in [3.63, 3.8) is 0 Å². The third kappa shape index (κ3) is 4.55.